The van der Waals surface area contributed by atoms with E-state index in [1.54, 1.807) is 10.9 Å². The Labute approximate surface area is 240 Å². The van der Waals surface area contributed by atoms with E-state index in [9.17, 15) is 10.2 Å². The maximum Gasteiger partial charge on any atom is 0.309 e. The lowest BCUT2D eigenvalue weighted by molar-refractivity contribution is -0.745. The highest BCUT2D eigenvalue weighted by atomic mass is 16.6. The number of aromatic nitrogens is 6. The molecule has 3 aromatic heterocycles. The average Bonchev–Trinajstić information content (AvgIpc) is 3.58. The van der Waals surface area contributed by atoms with E-state index in [2.05, 4.69) is 77.7 Å². The number of hydrogen-bond acceptors (Lipinski definition) is 8. The fraction of sp³-hybridized carbons (Fsp3) is 0.600. The van der Waals surface area contributed by atoms with Crippen LogP contribution in [0.2, 0.25) is 0 Å². The van der Waals surface area contributed by atoms with Gasteiger partial charge in [-0.15, -0.1) is 0 Å². The Morgan fingerprint density at radius 3 is 2.68 bits per heavy atom. The lowest BCUT2D eigenvalue weighted by Crippen LogP contribution is -2.52. The zero-order valence-electron chi connectivity index (χ0n) is 24.6. The molecule has 1 aliphatic carbocycles. The van der Waals surface area contributed by atoms with Gasteiger partial charge in [-0.2, -0.15) is 4.98 Å². The van der Waals surface area contributed by atoms with Crippen LogP contribution in [0.1, 0.15) is 71.5 Å². The van der Waals surface area contributed by atoms with Crippen LogP contribution in [0, 0.1) is 5.92 Å². The normalized spacial score (nSPS) is 27.0. The number of nitrogens with two attached hydrogens (primary N) is 1. The van der Waals surface area contributed by atoms with Crippen molar-refractivity contribution in [2.45, 2.75) is 102 Å². The van der Waals surface area contributed by atoms with Crippen molar-refractivity contribution < 1.29 is 19.5 Å². The van der Waals surface area contributed by atoms with E-state index in [0.717, 1.165) is 42.5 Å². The summed E-state index contributed by atoms with van der Waals surface area (Å²) in [7, 11) is 0. The lowest BCUT2D eigenvalue weighted by atomic mass is 9.76. The van der Waals surface area contributed by atoms with E-state index in [0.29, 0.717) is 35.5 Å². The number of nitrogens with one attached hydrogen (secondary N) is 2. The molecule has 0 bridgehead atoms. The van der Waals surface area contributed by atoms with Crippen molar-refractivity contribution in [1.29, 1.82) is 0 Å². The quantitative estimate of drug-likeness (QED) is 0.205. The first kappa shape index (κ1) is 28.0. The van der Waals surface area contributed by atoms with Crippen molar-refractivity contribution in [2.24, 2.45) is 5.92 Å². The van der Waals surface area contributed by atoms with Crippen LogP contribution in [0.15, 0.2) is 30.9 Å². The van der Waals surface area contributed by atoms with E-state index in [1.807, 2.05) is 0 Å². The van der Waals surface area contributed by atoms with E-state index in [4.69, 9.17) is 15.5 Å². The van der Waals surface area contributed by atoms with Crippen LogP contribution in [0.25, 0.3) is 22.2 Å². The zero-order valence-corrected chi connectivity index (χ0v) is 24.6. The van der Waals surface area contributed by atoms with Gasteiger partial charge in [0.1, 0.15) is 24.1 Å². The number of aryl methyl sites for hydroxylation is 1. The van der Waals surface area contributed by atoms with Gasteiger partial charge in [-0.25, -0.2) is 9.55 Å². The standard InChI is InChI=1S/C30H42N8O3/c1-16(2)37(13-22-25(39)26(40)29(41-22)38-15-34-24-27(31)32-14-33-28(24)38)19-10-17(11-19)6-9-23-35-20-8-7-18(30(3,4)5)12-21(20)36-23/h7-8,12,14-17,19,22,25-26,29,39-40H,6,9-11,13H2,1-5H3,(H3,31,32,33,35,36)/p+1. The number of aliphatic hydroxyl groups excluding tert-OH is 2. The average molecular weight is 564 g/mol. The van der Waals surface area contributed by atoms with Gasteiger partial charge in [0.15, 0.2) is 18.5 Å². The molecule has 4 aromatic rings. The third-order valence-electron chi connectivity index (χ3n) is 8.98. The number of aromatic amines is 2. The highest BCUT2D eigenvalue weighted by Crippen LogP contribution is 2.37. The van der Waals surface area contributed by atoms with Crippen LogP contribution in [-0.4, -0.2) is 77.0 Å². The summed E-state index contributed by atoms with van der Waals surface area (Å²) in [5, 5.41) is 21.9. The second-order valence-corrected chi connectivity index (χ2v) is 13.2. The Bertz CT molecular complexity index is 1520. The first-order valence-corrected chi connectivity index (χ1v) is 14.7. The second kappa shape index (κ2) is 10.6. The Kier molecular flexibility index (Phi) is 7.25. The predicted molar refractivity (Wildman–Crippen MR) is 156 cm³/mol. The molecule has 0 amide bonds. The molecule has 1 saturated heterocycles. The third-order valence-corrected chi connectivity index (χ3v) is 8.98. The van der Waals surface area contributed by atoms with Gasteiger partial charge in [0.25, 0.3) is 0 Å². The summed E-state index contributed by atoms with van der Waals surface area (Å²) in [6.45, 7) is 11.6. The summed E-state index contributed by atoms with van der Waals surface area (Å²) in [4.78, 5) is 22.1. The number of nitrogen functional groups attached to an aromatic ring is 1. The van der Waals surface area contributed by atoms with Crippen molar-refractivity contribution in [2.75, 3.05) is 12.3 Å². The van der Waals surface area contributed by atoms with Crippen LogP contribution in [-0.2, 0) is 16.6 Å². The molecular formula is C30H43N8O3+. The number of hydrogen-bond donors (Lipinski definition) is 5. The number of anilines is 1. The van der Waals surface area contributed by atoms with E-state index in [-0.39, 0.29) is 11.5 Å². The minimum Gasteiger partial charge on any atom is -0.387 e. The molecule has 4 atom stereocenters. The SMILES string of the molecule is CC(C)N(CC1OC([n+]2c[nH]c3c(N)ncnc32)C(O)C1O)C1CC(CCc2nc3ccc(C(C)(C)C)cc3[nH]2)C1. The zero-order chi connectivity index (χ0) is 29.1. The van der Waals surface area contributed by atoms with Crippen LogP contribution >= 0.6 is 0 Å². The van der Waals surface area contributed by atoms with Crippen molar-refractivity contribution in [3.8, 4) is 0 Å². The molecule has 6 N–H and O–H groups in total. The Morgan fingerprint density at radius 1 is 1.17 bits per heavy atom. The smallest absolute Gasteiger partial charge is 0.309 e. The Balaban J connectivity index is 1.06. The number of benzene rings is 1. The highest BCUT2D eigenvalue weighted by Gasteiger charge is 2.48. The fourth-order valence-corrected chi connectivity index (χ4v) is 6.41. The summed E-state index contributed by atoms with van der Waals surface area (Å²) in [5.74, 6) is 2.01. The van der Waals surface area contributed by atoms with Crippen LogP contribution in [0.3, 0.4) is 0 Å². The van der Waals surface area contributed by atoms with Gasteiger partial charge in [-0.1, -0.05) is 31.8 Å². The molecular weight excluding hydrogens is 520 g/mol. The minimum absolute atomic E-state index is 0.111. The van der Waals surface area contributed by atoms with Gasteiger partial charge in [-0.05, 0) is 62.1 Å². The van der Waals surface area contributed by atoms with Gasteiger partial charge in [0.05, 0.1) is 11.0 Å². The third kappa shape index (κ3) is 5.31. The topological polar surface area (TPSA) is 153 Å². The summed E-state index contributed by atoms with van der Waals surface area (Å²) >= 11 is 0. The van der Waals surface area contributed by atoms with E-state index in [1.165, 1.54) is 11.9 Å². The summed E-state index contributed by atoms with van der Waals surface area (Å²) in [6.07, 6.45) is 3.87. The molecule has 1 aliphatic heterocycles. The number of fused-ring (bicyclic) bond motifs is 2. The number of H-pyrrole nitrogens is 2. The molecule has 2 aliphatic rings. The molecule has 1 aromatic carbocycles. The maximum atomic E-state index is 10.9. The largest absolute Gasteiger partial charge is 0.387 e. The second-order valence-electron chi connectivity index (χ2n) is 13.2. The fourth-order valence-electron chi connectivity index (χ4n) is 6.41. The molecule has 0 spiro atoms. The number of rotatable bonds is 8. The van der Waals surface area contributed by atoms with Crippen molar-refractivity contribution in [1.82, 2.24) is 29.8 Å². The minimum atomic E-state index is -1.09. The van der Waals surface area contributed by atoms with Gasteiger partial charge in [0, 0.05) is 25.0 Å². The lowest BCUT2D eigenvalue weighted by Gasteiger charge is -2.46. The molecule has 11 nitrogen and oxygen atoms in total. The molecule has 0 radical (unpaired) electrons. The summed E-state index contributed by atoms with van der Waals surface area (Å²) in [6, 6.07) is 7.24. The van der Waals surface area contributed by atoms with Gasteiger partial charge in [0.2, 0.25) is 11.7 Å². The molecule has 1 saturated carbocycles. The first-order chi connectivity index (χ1) is 19.5. The number of aliphatic hydroxyl groups is 2. The molecule has 4 unspecified atom stereocenters. The highest BCUT2D eigenvalue weighted by molar-refractivity contribution is 5.78. The van der Waals surface area contributed by atoms with Gasteiger partial charge < -0.3 is 25.7 Å². The van der Waals surface area contributed by atoms with Crippen molar-refractivity contribution in [3.05, 3.63) is 42.2 Å². The summed E-state index contributed by atoms with van der Waals surface area (Å²) < 4.78 is 7.94. The van der Waals surface area contributed by atoms with Crippen molar-refractivity contribution in [3.63, 3.8) is 0 Å². The predicted octanol–water partition coefficient (Wildman–Crippen LogP) is 2.74. The van der Waals surface area contributed by atoms with E-state index >= 15 is 0 Å². The van der Waals surface area contributed by atoms with Gasteiger partial charge >= 0.3 is 5.65 Å². The van der Waals surface area contributed by atoms with E-state index < -0.39 is 24.5 Å². The first-order valence-electron chi connectivity index (χ1n) is 14.7. The van der Waals surface area contributed by atoms with Crippen LogP contribution < -0.4 is 10.3 Å². The Hall–Kier alpha value is -3.12. The number of nitrogens with zero attached hydrogens (tertiary/aromatic N) is 5. The molecule has 4 heterocycles. The Morgan fingerprint density at radius 2 is 1.95 bits per heavy atom. The van der Waals surface area contributed by atoms with Crippen molar-refractivity contribution >= 4 is 28.0 Å². The van der Waals surface area contributed by atoms with Gasteiger partial charge in [-0.3, -0.25) is 9.88 Å². The summed E-state index contributed by atoms with van der Waals surface area (Å²) in [5.41, 5.74) is 10.6. The monoisotopic (exact) mass is 563 g/mol. The number of ether oxygens (including phenoxy) is 1. The molecule has 2 fully saturated rings. The molecule has 11 heteroatoms. The molecule has 220 valence electrons. The van der Waals surface area contributed by atoms with Crippen LogP contribution in [0.5, 0.6) is 0 Å². The number of imidazole rings is 2. The maximum absolute atomic E-state index is 10.9. The molecule has 6 rings (SSSR count). The van der Waals surface area contributed by atoms with Crippen LogP contribution in [0.4, 0.5) is 5.82 Å². The molecule has 41 heavy (non-hydrogen) atoms.